The van der Waals surface area contributed by atoms with Crippen molar-refractivity contribution in [3.8, 4) is 0 Å². The van der Waals surface area contributed by atoms with E-state index in [4.69, 9.17) is 11.6 Å². The van der Waals surface area contributed by atoms with Crippen LogP contribution in [0.1, 0.15) is 31.2 Å². The summed E-state index contributed by atoms with van der Waals surface area (Å²) in [4.78, 5) is 12.1. The molecule has 0 aliphatic heterocycles. The van der Waals surface area contributed by atoms with E-state index in [9.17, 15) is 26.4 Å². The maximum atomic E-state index is 12.9. The number of hydrogen-bond acceptors (Lipinski definition) is 3. The molecule has 0 unspecified atom stereocenters. The number of halogens is 4. The number of hydrogen-bond donors (Lipinski definition) is 1. The molecular formula is C15H18ClF3N2O3S. The van der Waals surface area contributed by atoms with E-state index in [-0.39, 0.29) is 11.7 Å². The van der Waals surface area contributed by atoms with Crippen molar-refractivity contribution in [2.45, 2.75) is 37.9 Å². The second-order valence-corrected chi connectivity index (χ2v) is 8.33. The van der Waals surface area contributed by atoms with Crippen LogP contribution in [-0.4, -0.2) is 37.5 Å². The van der Waals surface area contributed by atoms with E-state index in [1.165, 1.54) is 6.07 Å². The predicted octanol–water partition coefficient (Wildman–Crippen LogP) is 3.50. The van der Waals surface area contributed by atoms with Crippen LogP contribution in [0.3, 0.4) is 0 Å². The average Bonchev–Trinajstić information content (AvgIpc) is 2.98. The molecule has 1 aromatic rings. The summed E-state index contributed by atoms with van der Waals surface area (Å²) in [5.41, 5.74) is -1.16. The topological polar surface area (TPSA) is 66.5 Å². The standard InChI is InChI=1S/C15H18ClF3N2O3S/c1-25(23,24)21(11-4-2-3-5-11)9-14(22)20-10-6-7-13(16)12(8-10)15(17,18)19/h6-8,11H,2-5,9H2,1H3,(H,20,22). The Bertz CT molecular complexity index is 747. The molecule has 10 heteroatoms. The van der Waals surface area contributed by atoms with Crippen LogP contribution in [-0.2, 0) is 21.0 Å². The number of rotatable bonds is 5. The summed E-state index contributed by atoms with van der Waals surface area (Å²) < 4.78 is 63.5. The van der Waals surface area contributed by atoms with Crippen molar-refractivity contribution in [2.24, 2.45) is 0 Å². The molecule has 1 saturated carbocycles. The summed E-state index contributed by atoms with van der Waals surface area (Å²) in [6.07, 6.45) is -0.545. The molecular weight excluding hydrogens is 381 g/mol. The van der Waals surface area contributed by atoms with Gasteiger partial charge in [0.2, 0.25) is 15.9 Å². The first-order valence-electron chi connectivity index (χ1n) is 7.62. The van der Waals surface area contributed by atoms with Crippen molar-refractivity contribution >= 4 is 33.2 Å². The van der Waals surface area contributed by atoms with Crippen LogP contribution in [0.15, 0.2) is 18.2 Å². The van der Waals surface area contributed by atoms with E-state index in [1.54, 1.807) is 0 Å². The zero-order valence-electron chi connectivity index (χ0n) is 13.4. The van der Waals surface area contributed by atoms with Gasteiger partial charge in [0.05, 0.1) is 23.4 Å². The van der Waals surface area contributed by atoms with Crippen molar-refractivity contribution in [2.75, 3.05) is 18.1 Å². The van der Waals surface area contributed by atoms with Crippen LogP contribution in [0.2, 0.25) is 5.02 Å². The maximum absolute atomic E-state index is 12.9. The van der Waals surface area contributed by atoms with Gasteiger partial charge >= 0.3 is 6.18 Å². The van der Waals surface area contributed by atoms with Gasteiger partial charge in [-0.2, -0.15) is 17.5 Å². The summed E-state index contributed by atoms with van der Waals surface area (Å²) in [6.45, 7) is -0.437. The van der Waals surface area contributed by atoms with Gasteiger partial charge < -0.3 is 5.32 Å². The highest BCUT2D eigenvalue weighted by molar-refractivity contribution is 7.88. The molecule has 0 spiro atoms. The fraction of sp³-hybridized carbons (Fsp3) is 0.533. The number of carbonyl (C=O) groups excluding carboxylic acids is 1. The molecule has 1 aliphatic carbocycles. The molecule has 25 heavy (non-hydrogen) atoms. The molecule has 0 radical (unpaired) electrons. The monoisotopic (exact) mass is 398 g/mol. The van der Waals surface area contributed by atoms with Gasteiger partial charge in [0.15, 0.2) is 0 Å². The highest BCUT2D eigenvalue weighted by Crippen LogP contribution is 2.36. The SMILES string of the molecule is CS(=O)(=O)N(CC(=O)Nc1ccc(Cl)c(C(F)(F)F)c1)C1CCCC1. The Morgan fingerprint density at radius 1 is 1.32 bits per heavy atom. The zero-order chi connectivity index (χ0) is 18.8. The number of anilines is 1. The number of amides is 1. The Morgan fingerprint density at radius 2 is 1.92 bits per heavy atom. The highest BCUT2D eigenvalue weighted by atomic mass is 35.5. The van der Waals surface area contributed by atoms with E-state index in [0.29, 0.717) is 12.8 Å². The van der Waals surface area contributed by atoms with Crippen molar-refractivity contribution in [3.63, 3.8) is 0 Å². The lowest BCUT2D eigenvalue weighted by Gasteiger charge is -2.25. The van der Waals surface area contributed by atoms with Gasteiger partial charge in [0, 0.05) is 11.7 Å². The van der Waals surface area contributed by atoms with Crippen molar-refractivity contribution in [3.05, 3.63) is 28.8 Å². The number of alkyl halides is 3. The minimum Gasteiger partial charge on any atom is -0.325 e. The third-order valence-electron chi connectivity index (χ3n) is 4.01. The normalized spacial score (nSPS) is 16.4. The average molecular weight is 399 g/mol. The van der Waals surface area contributed by atoms with Crippen LogP contribution in [0.25, 0.3) is 0 Å². The molecule has 1 N–H and O–H groups in total. The van der Waals surface area contributed by atoms with Gasteiger partial charge in [0.25, 0.3) is 0 Å². The molecule has 1 amide bonds. The quantitative estimate of drug-likeness (QED) is 0.825. The largest absolute Gasteiger partial charge is 0.417 e. The molecule has 0 aromatic heterocycles. The maximum Gasteiger partial charge on any atom is 0.417 e. The van der Waals surface area contributed by atoms with Gasteiger partial charge in [-0.15, -0.1) is 0 Å². The van der Waals surface area contributed by atoms with Gasteiger partial charge in [-0.1, -0.05) is 24.4 Å². The lowest BCUT2D eigenvalue weighted by atomic mass is 10.2. The first-order chi connectivity index (χ1) is 11.5. The van der Waals surface area contributed by atoms with E-state index < -0.39 is 39.2 Å². The fourth-order valence-electron chi connectivity index (χ4n) is 2.87. The van der Waals surface area contributed by atoms with Gasteiger partial charge in [-0.25, -0.2) is 8.42 Å². The van der Waals surface area contributed by atoms with Crippen LogP contribution in [0.5, 0.6) is 0 Å². The molecule has 0 saturated heterocycles. The second kappa shape index (κ2) is 7.51. The third kappa shape index (κ3) is 5.32. The smallest absolute Gasteiger partial charge is 0.325 e. The first-order valence-corrected chi connectivity index (χ1v) is 9.84. The molecule has 140 valence electrons. The van der Waals surface area contributed by atoms with Crippen LogP contribution in [0, 0.1) is 0 Å². The number of nitrogens with zero attached hydrogens (tertiary/aromatic N) is 1. The molecule has 0 heterocycles. The minimum absolute atomic E-state index is 0.0957. The van der Waals surface area contributed by atoms with E-state index >= 15 is 0 Å². The lowest BCUT2D eigenvalue weighted by molar-refractivity contribution is -0.137. The molecule has 2 rings (SSSR count). The Labute approximate surface area is 149 Å². The zero-order valence-corrected chi connectivity index (χ0v) is 15.0. The van der Waals surface area contributed by atoms with Crippen LogP contribution < -0.4 is 5.32 Å². The summed E-state index contributed by atoms with van der Waals surface area (Å²) in [7, 11) is -3.60. The molecule has 0 atom stereocenters. The van der Waals surface area contributed by atoms with Crippen molar-refractivity contribution in [1.29, 1.82) is 0 Å². The Balaban J connectivity index is 2.13. The van der Waals surface area contributed by atoms with E-state index in [1.807, 2.05) is 0 Å². The van der Waals surface area contributed by atoms with E-state index in [0.717, 1.165) is 35.5 Å². The van der Waals surface area contributed by atoms with Crippen molar-refractivity contribution in [1.82, 2.24) is 4.31 Å². The highest BCUT2D eigenvalue weighted by Gasteiger charge is 2.34. The molecule has 1 aliphatic rings. The summed E-state index contributed by atoms with van der Waals surface area (Å²) in [5, 5.41) is 1.83. The number of sulfonamides is 1. The Hall–Kier alpha value is -1.32. The molecule has 1 aromatic carbocycles. The predicted molar refractivity (Wildman–Crippen MR) is 88.9 cm³/mol. The van der Waals surface area contributed by atoms with Crippen molar-refractivity contribution < 1.29 is 26.4 Å². The summed E-state index contributed by atoms with van der Waals surface area (Å²) >= 11 is 5.53. The number of nitrogens with one attached hydrogen (secondary N) is 1. The number of benzene rings is 1. The van der Waals surface area contributed by atoms with Gasteiger partial charge in [-0.3, -0.25) is 4.79 Å². The van der Waals surface area contributed by atoms with Crippen LogP contribution >= 0.6 is 11.6 Å². The van der Waals surface area contributed by atoms with E-state index in [2.05, 4.69) is 5.32 Å². The van der Waals surface area contributed by atoms with Crippen LogP contribution in [0.4, 0.5) is 18.9 Å². The molecule has 5 nitrogen and oxygen atoms in total. The fourth-order valence-corrected chi connectivity index (χ4v) is 4.20. The first kappa shape index (κ1) is 20.0. The van der Waals surface area contributed by atoms with Gasteiger partial charge in [0.1, 0.15) is 0 Å². The number of carbonyl (C=O) groups is 1. The Kier molecular flexibility index (Phi) is 6.01. The second-order valence-electron chi connectivity index (χ2n) is 5.99. The molecule has 0 bridgehead atoms. The minimum atomic E-state index is -4.65. The Morgan fingerprint density at radius 3 is 2.44 bits per heavy atom. The van der Waals surface area contributed by atoms with Gasteiger partial charge in [-0.05, 0) is 31.0 Å². The summed E-state index contributed by atoms with van der Waals surface area (Å²) in [5.74, 6) is -0.701. The summed E-state index contributed by atoms with van der Waals surface area (Å²) in [6, 6.07) is 2.73. The third-order valence-corrected chi connectivity index (χ3v) is 5.62. The molecule has 1 fully saturated rings. The lowest BCUT2D eigenvalue weighted by Crippen LogP contribution is -2.43.